The van der Waals surface area contributed by atoms with Crippen molar-refractivity contribution in [1.29, 1.82) is 0 Å². The van der Waals surface area contributed by atoms with Gasteiger partial charge in [-0.25, -0.2) is 4.79 Å². The van der Waals surface area contributed by atoms with Gasteiger partial charge in [-0.3, -0.25) is 0 Å². The fourth-order valence-corrected chi connectivity index (χ4v) is 2.58. The molecule has 0 bridgehead atoms. The molecule has 3 nitrogen and oxygen atoms in total. The van der Waals surface area contributed by atoms with Gasteiger partial charge in [0.05, 0.1) is 5.54 Å². The number of carbonyl (C=O) groups is 1. The van der Waals surface area contributed by atoms with E-state index in [1.165, 1.54) is 0 Å². The van der Waals surface area contributed by atoms with Gasteiger partial charge >= 0.3 is 6.09 Å². The summed E-state index contributed by atoms with van der Waals surface area (Å²) in [5.74, 6) is 0. The van der Waals surface area contributed by atoms with Crippen molar-refractivity contribution in [1.82, 2.24) is 4.90 Å². The maximum absolute atomic E-state index is 11.9. The van der Waals surface area contributed by atoms with Crippen LogP contribution in [0.5, 0.6) is 0 Å². The van der Waals surface area contributed by atoms with Crippen molar-refractivity contribution in [3.63, 3.8) is 0 Å². The Morgan fingerprint density at radius 1 is 1.53 bits per heavy atom. The molecule has 4 heteroatoms. The lowest BCUT2D eigenvalue weighted by molar-refractivity contribution is 0.0144. The van der Waals surface area contributed by atoms with Crippen molar-refractivity contribution in [3.8, 4) is 0 Å². The van der Waals surface area contributed by atoms with E-state index in [0.717, 1.165) is 23.8 Å². The third-order valence-electron chi connectivity index (χ3n) is 2.65. The van der Waals surface area contributed by atoms with E-state index in [2.05, 4.69) is 29.5 Å². The Morgan fingerprint density at radius 2 is 2.13 bits per heavy atom. The van der Waals surface area contributed by atoms with E-state index in [-0.39, 0.29) is 11.6 Å². The minimum atomic E-state index is -0.397. The van der Waals surface area contributed by atoms with Gasteiger partial charge < -0.3 is 9.64 Å². The van der Waals surface area contributed by atoms with Crippen LogP contribution in [0.25, 0.3) is 0 Å². The summed E-state index contributed by atoms with van der Waals surface area (Å²) in [4.78, 5) is 13.8. The minimum Gasteiger partial charge on any atom is -0.444 e. The van der Waals surface area contributed by atoms with Crippen LogP contribution >= 0.6 is 22.6 Å². The summed E-state index contributed by atoms with van der Waals surface area (Å²) in [7, 11) is 0. The zero-order chi connectivity index (χ0) is 11.7. The monoisotopic (exact) mass is 325 g/mol. The van der Waals surface area contributed by atoms with E-state index >= 15 is 0 Å². The number of halogens is 1. The highest BCUT2D eigenvalue weighted by molar-refractivity contribution is 14.1. The second-order valence-corrected chi connectivity index (χ2v) is 6.13. The van der Waals surface area contributed by atoms with Crippen LogP contribution in [-0.4, -0.2) is 33.1 Å². The molecule has 0 spiro atoms. The summed E-state index contributed by atoms with van der Waals surface area (Å²) >= 11 is 2.34. The molecule has 88 valence electrons. The molecule has 1 aliphatic heterocycles. The number of amides is 1. The molecule has 1 heterocycles. The number of hydrogen-bond acceptors (Lipinski definition) is 2. The smallest absolute Gasteiger partial charge is 0.410 e. The molecule has 0 aromatic heterocycles. The standard InChI is InChI=1S/C11H20INO2/c1-10(2,3)15-9(14)13-7-5-6-11(13,4)8-12/h5-8H2,1-4H3. The fourth-order valence-electron chi connectivity index (χ4n) is 1.79. The van der Waals surface area contributed by atoms with Crippen molar-refractivity contribution < 1.29 is 9.53 Å². The Hall–Kier alpha value is 0. The molecule has 1 amide bonds. The molecule has 15 heavy (non-hydrogen) atoms. The topological polar surface area (TPSA) is 29.5 Å². The zero-order valence-corrected chi connectivity index (χ0v) is 12.1. The average Bonchev–Trinajstić information content (AvgIpc) is 2.45. The number of hydrogen-bond donors (Lipinski definition) is 0. The lowest BCUT2D eigenvalue weighted by Gasteiger charge is -2.35. The molecular formula is C11H20INO2. The van der Waals surface area contributed by atoms with Crippen molar-refractivity contribution in [2.24, 2.45) is 0 Å². The van der Waals surface area contributed by atoms with Crippen molar-refractivity contribution in [2.75, 3.05) is 11.0 Å². The van der Waals surface area contributed by atoms with Gasteiger partial charge in [0.1, 0.15) is 5.60 Å². The van der Waals surface area contributed by atoms with Gasteiger partial charge in [0, 0.05) is 11.0 Å². The molecule has 0 aromatic rings. The van der Waals surface area contributed by atoms with Crippen LogP contribution in [0, 0.1) is 0 Å². The second kappa shape index (κ2) is 4.47. The van der Waals surface area contributed by atoms with Gasteiger partial charge in [-0.15, -0.1) is 0 Å². The normalized spacial score (nSPS) is 26.9. The lowest BCUT2D eigenvalue weighted by atomic mass is 10.0. The molecule has 0 aliphatic carbocycles. The highest BCUT2D eigenvalue weighted by Gasteiger charge is 2.40. The van der Waals surface area contributed by atoms with Crippen molar-refractivity contribution >= 4 is 28.7 Å². The van der Waals surface area contributed by atoms with E-state index in [0.29, 0.717) is 0 Å². The lowest BCUT2D eigenvalue weighted by Crippen LogP contribution is -2.48. The molecule has 0 radical (unpaired) electrons. The number of likely N-dealkylation sites (tertiary alicyclic amines) is 1. The van der Waals surface area contributed by atoms with Crippen LogP contribution in [0.15, 0.2) is 0 Å². The first kappa shape index (κ1) is 13.1. The third-order valence-corrected chi connectivity index (χ3v) is 4.29. The summed E-state index contributed by atoms with van der Waals surface area (Å²) < 4.78 is 6.36. The van der Waals surface area contributed by atoms with E-state index in [1.807, 2.05) is 25.7 Å². The number of ether oxygens (including phenoxy) is 1. The van der Waals surface area contributed by atoms with Crippen LogP contribution in [0.1, 0.15) is 40.5 Å². The minimum absolute atomic E-state index is 0.0110. The van der Waals surface area contributed by atoms with Crippen LogP contribution in [0.4, 0.5) is 4.79 Å². The predicted octanol–water partition coefficient (Wildman–Crippen LogP) is 3.21. The largest absolute Gasteiger partial charge is 0.444 e. The van der Waals surface area contributed by atoms with Gasteiger partial charge in [0.2, 0.25) is 0 Å². The van der Waals surface area contributed by atoms with Gasteiger partial charge in [-0.1, -0.05) is 22.6 Å². The Kier molecular flexibility index (Phi) is 3.90. The maximum atomic E-state index is 11.9. The third kappa shape index (κ3) is 3.23. The second-order valence-electron chi connectivity index (χ2n) is 5.37. The highest BCUT2D eigenvalue weighted by Crippen LogP contribution is 2.32. The number of carbonyl (C=O) groups excluding carboxylic acids is 1. The maximum Gasteiger partial charge on any atom is 0.410 e. The molecule has 1 rings (SSSR count). The van der Waals surface area contributed by atoms with E-state index in [4.69, 9.17) is 4.74 Å². The molecule has 0 N–H and O–H groups in total. The molecule has 0 aromatic carbocycles. The van der Waals surface area contributed by atoms with Crippen molar-refractivity contribution in [2.45, 2.75) is 51.7 Å². The number of alkyl halides is 1. The number of nitrogens with zero attached hydrogens (tertiary/aromatic N) is 1. The van der Waals surface area contributed by atoms with E-state index < -0.39 is 5.60 Å². The predicted molar refractivity (Wildman–Crippen MR) is 69.5 cm³/mol. The molecule has 0 saturated carbocycles. The van der Waals surface area contributed by atoms with E-state index in [1.54, 1.807) is 0 Å². The Morgan fingerprint density at radius 3 is 2.60 bits per heavy atom. The molecule has 1 atom stereocenters. The quantitative estimate of drug-likeness (QED) is 0.547. The molecule has 1 unspecified atom stereocenters. The first-order valence-electron chi connectivity index (χ1n) is 5.35. The summed E-state index contributed by atoms with van der Waals surface area (Å²) in [6, 6.07) is 0. The number of rotatable bonds is 1. The summed E-state index contributed by atoms with van der Waals surface area (Å²) in [5, 5.41) is 0. The van der Waals surface area contributed by atoms with Crippen LogP contribution < -0.4 is 0 Å². The Labute approximate surface area is 106 Å². The van der Waals surface area contributed by atoms with Crippen LogP contribution in [-0.2, 0) is 4.74 Å². The van der Waals surface area contributed by atoms with Gasteiger partial charge in [0.25, 0.3) is 0 Å². The summed E-state index contributed by atoms with van der Waals surface area (Å²) in [6.45, 7) is 8.68. The fraction of sp³-hybridized carbons (Fsp3) is 0.909. The van der Waals surface area contributed by atoms with Gasteiger partial charge in [-0.05, 0) is 40.5 Å². The Bertz CT molecular complexity index is 249. The average molecular weight is 325 g/mol. The van der Waals surface area contributed by atoms with Gasteiger partial charge in [0.15, 0.2) is 0 Å². The first-order valence-corrected chi connectivity index (χ1v) is 6.88. The summed E-state index contributed by atoms with van der Waals surface area (Å²) in [6.07, 6.45) is 1.99. The summed E-state index contributed by atoms with van der Waals surface area (Å²) in [5.41, 5.74) is -0.408. The van der Waals surface area contributed by atoms with Gasteiger partial charge in [-0.2, -0.15) is 0 Å². The first-order chi connectivity index (χ1) is 6.78. The van der Waals surface area contributed by atoms with Crippen LogP contribution in [0.3, 0.4) is 0 Å². The SMILES string of the molecule is CC(C)(C)OC(=O)N1CCCC1(C)CI. The molecular weight excluding hydrogens is 305 g/mol. The van der Waals surface area contributed by atoms with Crippen molar-refractivity contribution in [3.05, 3.63) is 0 Å². The van der Waals surface area contributed by atoms with Crippen LogP contribution in [0.2, 0.25) is 0 Å². The van der Waals surface area contributed by atoms with E-state index in [9.17, 15) is 4.79 Å². The molecule has 1 aliphatic rings. The molecule has 1 fully saturated rings. The highest BCUT2D eigenvalue weighted by atomic mass is 127. The molecule has 1 saturated heterocycles. The Balaban J connectivity index is 2.67. The zero-order valence-electron chi connectivity index (χ0n) is 9.97.